The molecule has 3 heterocycles. The molecule has 2 N–H and O–H groups in total. The molecule has 1 spiro atoms. The number of halogens is 6. The summed E-state index contributed by atoms with van der Waals surface area (Å²) in [5, 5.41) is 14.7. The number of benzene rings is 2. The number of aliphatic hydroxyl groups is 1. The summed E-state index contributed by atoms with van der Waals surface area (Å²) in [4.78, 5) is 41.5. The fraction of sp³-hybridized carbons (Fsp3) is 0.394. The molecule has 2 fully saturated rings. The minimum Gasteiger partial charge on any atom is -0.492 e. The Hall–Kier alpha value is -3.25. The minimum atomic E-state index is -3.82. The summed E-state index contributed by atoms with van der Waals surface area (Å²) in [5.74, 6) is -0.192. The number of aldehydes is 1. The van der Waals surface area contributed by atoms with Crippen LogP contribution in [0.3, 0.4) is 0 Å². The van der Waals surface area contributed by atoms with Gasteiger partial charge in [0, 0.05) is 33.9 Å². The summed E-state index contributed by atoms with van der Waals surface area (Å²) in [6, 6.07) is 7.58. The summed E-state index contributed by atoms with van der Waals surface area (Å²) in [6.45, 7) is 0.805. The van der Waals surface area contributed by atoms with Crippen molar-refractivity contribution in [1.82, 2.24) is 9.88 Å². The molecule has 0 radical (unpaired) electrons. The highest BCUT2D eigenvalue weighted by molar-refractivity contribution is 7.99. The number of H-pyrrole nitrogens is 1. The van der Waals surface area contributed by atoms with Crippen LogP contribution in [0.4, 0.5) is 18.9 Å². The lowest BCUT2D eigenvalue weighted by molar-refractivity contribution is -0.125. The fourth-order valence-corrected chi connectivity index (χ4v) is 8.02. The van der Waals surface area contributed by atoms with Gasteiger partial charge >= 0.3 is 5.38 Å². The summed E-state index contributed by atoms with van der Waals surface area (Å²) in [7, 11) is 3.33. The highest BCUT2D eigenvalue weighted by Gasteiger charge is 2.54. The normalized spacial score (nSPS) is 18.1. The molecule has 1 saturated heterocycles. The highest BCUT2D eigenvalue weighted by Crippen LogP contribution is 2.55. The number of carbonyl (C=O) groups is 2. The second-order valence-corrected chi connectivity index (χ2v) is 14.3. The van der Waals surface area contributed by atoms with Crippen molar-refractivity contribution >= 4 is 64.4 Å². The number of piperidine rings is 1. The van der Waals surface area contributed by atoms with Gasteiger partial charge < -0.3 is 19.7 Å². The molecule has 49 heavy (non-hydrogen) atoms. The number of aromatic amines is 1. The lowest BCUT2D eigenvalue weighted by atomic mass is 9.92. The summed E-state index contributed by atoms with van der Waals surface area (Å²) >= 11 is 17.8. The molecule has 260 valence electrons. The molecule has 2 aromatic carbocycles. The zero-order valence-corrected chi connectivity index (χ0v) is 29.3. The Morgan fingerprint density at radius 2 is 1.96 bits per heavy atom. The van der Waals surface area contributed by atoms with E-state index in [0.29, 0.717) is 29.9 Å². The van der Waals surface area contributed by atoms with Crippen LogP contribution in [-0.2, 0) is 23.3 Å². The Bertz CT molecular complexity index is 1910. The maximum Gasteiger partial charge on any atom is 0.362 e. The van der Waals surface area contributed by atoms with E-state index in [-0.39, 0.29) is 67.8 Å². The average Bonchev–Trinajstić information content (AvgIpc) is 3.76. The molecule has 16 heteroatoms. The van der Waals surface area contributed by atoms with Gasteiger partial charge in [0.25, 0.3) is 5.56 Å². The smallest absolute Gasteiger partial charge is 0.362 e. The number of amides is 1. The number of hydrogen-bond donors (Lipinski definition) is 2. The minimum absolute atomic E-state index is 0.0892. The van der Waals surface area contributed by atoms with Crippen molar-refractivity contribution < 1.29 is 32.6 Å². The van der Waals surface area contributed by atoms with E-state index in [1.165, 1.54) is 19.2 Å². The van der Waals surface area contributed by atoms with E-state index in [4.69, 9.17) is 44.8 Å². The van der Waals surface area contributed by atoms with E-state index in [0.717, 1.165) is 49.1 Å². The first-order valence-electron chi connectivity index (χ1n) is 15.0. The van der Waals surface area contributed by atoms with Crippen LogP contribution in [0.2, 0.25) is 10.0 Å². The number of fused-ring (bicyclic) bond motifs is 1. The third-order valence-corrected chi connectivity index (χ3v) is 11.3. The van der Waals surface area contributed by atoms with Gasteiger partial charge in [-0.1, -0.05) is 41.0 Å². The predicted octanol–water partition coefficient (Wildman–Crippen LogP) is 7.57. The first kappa shape index (κ1) is 37.0. The molecular weight excluding hydrogens is 728 g/mol. The molecule has 1 amide bonds. The van der Waals surface area contributed by atoms with Gasteiger partial charge in [-0.05, 0) is 73.7 Å². The van der Waals surface area contributed by atoms with Crippen LogP contribution in [-0.4, -0.2) is 47.9 Å². The summed E-state index contributed by atoms with van der Waals surface area (Å²) < 4.78 is 47.2. The number of nitrogens with one attached hydrogen (secondary N) is 1. The van der Waals surface area contributed by atoms with Crippen molar-refractivity contribution in [2.24, 2.45) is 5.41 Å². The molecule has 2 aliphatic heterocycles. The van der Waals surface area contributed by atoms with Crippen molar-refractivity contribution in [3.8, 4) is 11.8 Å². The number of pyridine rings is 1. The third kappa shape index (κ3) is 7.18. The van der Waals surface area contributed by atoms with Gasteiger partial charge in [-0.15, -0.1) is 0 Å². The Labute approximate surface area is 298 Å². The van der Waals surface area contributed by atoms with Crippen molar-refractivity contribution in [2.75, 3.05) is 25.6 Å². The monoisotopic (exact) mass is 756 g/mol. The van der Waals surface area contributed by atoms with Crippen LogP contribution in [0, 0.1) is 22.6 Å². The zero-order chi connectivity index (χ0) is 35.8. The van der Waals surface area contributed by atoms with E-state index >= 15 is 4.39 Å². The Kier molecular flexibility index (Phi) is 11.0. The lowest BCUT2D eigenvalue weighted by Gasteiger charge is -2.33. The number of carbonyl (C=O) groups excluding carboxylic acids is 2. The molecule has 9 nitrogen and oxygen atoms in total. The second-order valence-electron chi connectivity index (χ2n) is 12.0. The van der Waals surface area contributed by atoms with Crippen LogP contribution < -0.4 is 15.2 Å². The molecule has 3 aliphatic rings. The van der Waals surface area contributed by atoms with E-state index in [2.05, 4.69) is 6.07 Å². The standard InChI is InChI=1S/C19H22FN3O2.C14H8Cl3F2NO3S/c1-22-11-12-10-14(23-9-3-5-19(6-7-19)18(23)24)17(25-2)16(20)15(12)13(22)4-8-21;15-8-2-1-6(4-21)11(16)12(8)24-9-3-10(14(17,18)19)20-13(23)7(9)5-22/h10,13H,3-7,9,11H2,1-2H3;1-3,5,21H,4H2,(H,20,23). The maximum atomic E-state index is 15.3. The third-order valence-electron chi connectivity index (χ3n) is 8.95. The molecule has 3 aromatic rings. The van der Waals surface area contributed by atoms with Gasteiger partial charge in [-0.2, -0.15) is 14.0 Å². The van der Waals surface area contributed by atoms with Gasteiger partial charge in [0.05, 0.1) is 53.5 Å². The SMILES string of the molecule is COc1c(N2CCCC3(CC3)C2=O)cc2c(c1F)C(CC#N)N(C)C2.O=Cc1c(Sc2c(Cl)ccc(CO)c2Cl)cc(C(F)(F)Cl)[nH]c1=O. The largest absolute Gasteiger partial charge is 0.492 e. The second kappa shape index (κ2) is 14.5. The molecule has 0 bridgehead atoms. The van der Waals surface area contributed by atoms with Crippen LogP contribution in [0.25, 0.3) is 0 Å². The molecule has 6 rings (SSSR count). The van der Waals surface area contributed by atoms with Gasteiger partial charge in [0.2, 0.25) is 5.91 Å². The highest BCUT2D eigenvalue weighted by atomic mass is 35.5. The number of rotatable bonds is 8. The van der Waals surface area contributed by atoms with Crippen LogP contribution >= 0.6 is 46.6 Å². The van der Waals surface area contributed by atoms with Crippen molar-refractivity contribution in [3.63, 3.8) is 0 Å². The Morgan fingerprint density at radius 1 is 1.24 bits per heavy atom. The number of methoxy groups -OCH3 is 1. The van der Waals surface area contributed by atoms with Crippen LogP contribution in [0.15, 0.2) is 38.9 Å². The quantitative estimate of drug-likeness (QED) is 0.178. The van der Waals surface area contributed by atoms with Gasteiger partial charge in [-0.25, -0.2) is 4.39 Å². The summed E-state index contributed by atoms with van der Waals surface area (Å²) in [5.41, 5.74) is -0.187. The first-order chi connectivity index (χ1) is 23.2. The average molecular weight is 758 g/mol. The Balaban J connectivity index is 0.000000191. The number of anilines is 1. The van der Waals surface area contributed by atoms with E-state index in [1.54, 1.807) is 4.90 Å². The molecular formula is C33H30Cl3F3N4O5S. The van der Waals surface area contributed by atoms with E-state index < -0.39 is 22.5 Å². The topological polar surface area (TPSA) is 127 Å². The maximum absolute atomic E-state index is 15.3. The van der Waals surface area contributed by atoms with Gasteiger partial charge in [0.15, 0.2) is 17.9 Å². The fourth-order valence-electron chi connectivity index (χ4n) is 6.22. The number of aromatic nitrogens is 1. The summed E-state index contributed by atoms with van der Waals surface area (Å²) in [6.07, 6.45) is 4.20. The van der Waals surface area contributed by atoms with Gasteiger partial charge in [0.1, 0.15) is 5.69 Å². The molecule has 1 unspecified atom stereocenters. The number of aliphatic hydroxyl groups excluding tert-OH is 1. The first-order valence-corrected chi connectivity index (χ1v) is 17.0. The number of nitrogens with zero attached hydrogens (tertiary/aromatic N) is 3. The van der Waals surface area contributed by atoms with E-state index in [9.17, 15) is 28.3 Å². The number of hydrogen-bond acceptors (Lipinski definition) is 8. The van der Waals surface area contributed by atoms with E-state index in [1.807, 2.05) is 23.0 Å². The van der Waals surface area contributed by atoms with Crippen molar-refractivity contribution in [1.29, 1.82) is 5.26 Å². The molecule has 1 aliphatic carbocycles. The molecule has 1 saturated carbocycles. The van der Waals surface area contributed by atoms with Crippen LogP contribution in [0.5, 0.6) is 5.75 Å². The molecule has 1 aromatic heterocycles. The number of nitriles is 1. The Morgan fingerprint density at radius 3 is 2.55 bits per heavy atom. The number of alkyl halides is 3. The molecule has 1 atom stereocenters. The van der Waals surface area contributed by atoms with Crippen LogP contribution in [0.1, 0.15) is 70.9 Å². The van der Waals surface area contributed by atoms with Gasteiger partial charge in [-0.3, -0.25) is 19.3 Å². The number of ether oxygens (including phenoxy) is 1. The predicted molar refractivity (Wildman–Crippen MR) is 179 cm³/mol. The zero-order valence-electron chi connectivity index (χ0n) is 26.2. The van der Waals surface area contributed by atoms with Crippen molar-refractivity contribution in [2.45, 2.75) is 66.5 Å². The lowest BCUT2D eigenvalue weighted by Crippen LogP contribution is -2.42. The van der Waals surface area contributed by atoms with Crippen molar-refractivity contribution in [3.05, 3.63) is 78.4 Å².